The topological polar surface area (TPSA) is 102 Å². The summed E-state index contributed by atoms with van der Waals surface area (Å²) in [6, 6.07) is 10.8. The summed E-state index contributed by atoms with van der Waals surface area (Å²) >= 11 is 5.94. The van der Waals surface area contributed by atoms with E-state index in [9.17, 15) is 15.3 Å². The first-order valence-electron chi connectivity index (χ1n) is 9.01. The Labute approximate surface area is 168 Å². The summed E-state index contributed by atoms with van der Waals surface area (Å²) in [7, 11) is 0. The highest BCUT2D eigenvalue weighted by molar-refractivity contribution is 6.30. The third kappa shape index (κ3) is 2.04. The molecule has 6 nitrogen and oxygen atoms in total. The number of carbonyl (C=O) groups excluding carboxylic acids is 1. The first kappa shape index (κ1) is 18.4. The van der Waals surface area contributed by atoms with Gasteiger partial charge in [-0.1, -0.05) is 32.4 Å². The highest BCUT2D eigenvalue weighted by Crippen LogP contribution is 2.70. The number of fused-ring (bicyclic) bond motifs is 5. The quantitative estimate of drug-likeness (QED) is 0.837. The zero-order valence-corrected chi connectivity index (χ0v) is 16.6. The predicted octanol–water partition coefficient (Wildman–Crippen LogP) is 3.84. The molecule has 1 N–H and O–H groups in total. The number of rotatable bonds is 2. The Hall–Kier alpha value is -2.96. The van der Waals surface area contributed by atoms with E-state index in [-0.39, 0.29) is 17.3 Å². The lowest BCUT2D eigenvalue weighted by atomic mass is 9.63. The molecular weight excluding hydrogens is 374 g/mol. The molecule has 1 amide bonds. The van der Waals surface area contributed by atoms with Crippen molar-refractivity contribution >= 4 is 23.2 Å². The number of benzene rings is 1. The van der Waals surface area contributed by atoms with Gasteiger partial charge in [0.25, 0.3) is 0 Å². The Morgan fingerprint density at radius 1 is 1.04 bits per heavy atom. The van der Waals surface area contributed by atoms with Crippen LogP contribution in [0.25, 0.3) is 0 Å². The maximum atomic E-state index is 13.6. The molecular formula is C21H18ClN5O. The van der Waals surface area contributed by atoms with Crippen LogP contribution >= 0.6 is 11.6 Å². The van der Waals surface area contributed by atoms with Crippen LogP contribution in [0.3, 0.4) is 0 Å². The molecule has 0 spiro atoms. The normalized spacial score (nSPS) is 26.2. The van der Waals surface area contributed by atoms with Crippen molar-refractivity contribution in [1.82, 2.24) is 9.97 Å². The summed E-state index contributed by atoms with van der Waals surface area (Å²) in [6.45, 7) is 6.16. The molecule has 0 radical (unpaired) electrons. The average Bonchev–Trinajstić information content (AvgIpc) is 2.98. The Balaban J connectivity index is 1.89. The van der Waals surface area contributed by atoms with Crippen LogP contribution < -0.4 is 5.32 Å². The van der Waals surface area contributed by atoms with E-state index in [1.807, 2.05) is 26.0 Å². The number of carbonyl (C=O) groups is 1. The summed E-state index contributed by atoms with van der Waals surface area (Å²) in [5.74, 6) is -0.176. The molecule has 4 rings (SSSR count). The second-order valence-electron chi connectivity index (χ2n) is 8.17. The maximum absolute atomic E-state index is 13.6. The van der Waals surface area contributed by atoms with Crippen molar-refractivity contribution in [3.8, 4) is 12.1 Å². The van der Waals surface area contributed by atoms with E-state index < -0.39 is 16.2 Å². The molecule has 2 bridgehead atoms. The molecule has 1 fully saturated rings. The van der Waals surface area contributed by atoms with E-state index in [1.54, 1.807) is 24.3 Å². The minimum absolute atomic E-state index is 0.0130. The van der Waals surface area contributed by atoms with E-state index in [1.165, 1.54) is 0 Å². The lowest BCUT2D eigenvalue weighted by Gasteiger charge is -2.39. The van der Waals surface area contributed by atoms with Gasteiger partial charge in [-0.25, -0.2) is 9.97 Å². The summed E-state index contributed by atoms with van der Waals surface area (Å²) in [5.41, 5.74) is -0.0247. The molecule has 2 atom stereocenters. The fourth-order valence-electron chi connectivity index (χ4n) is 4.91. The first-order valence-corrected chi connectivity index (χ1v) is 9.39. The monoisotopic (exact) mass is 391 g/mol. The van der Waals surface area contributed by atoms with Gasteiger partial charge in [0.15, 0.2) is 11.4 Å². The lowest BCUT2D eigenvalue weighted by Crippen LogP contribution is -2.48. The minimum atomic E-state index is -0.927. The summed E-state index contributed by atoms with van der Waals surface area (Å²) in [6.07, 6.45) is 1.36. The largest absolute Gasteiger partial charge is 0.325 e. The van der Waals surface area contributed by atoms with Crippen molar-refractivity contribution in [2.75, 3.05) is 5.32 Å². The van der Waals surface area contributed by atoms with Gasteiger partial charge in [0.05, 0.1) is 16.8 Å². The fourth-order valence-corrected chi connectivity index (χ4v) is 5.04. The third-order valence-electron chi connectivity index (χ3n) is 6.97. The van der Waals surface area contributed by atoms with Gasteiger partial charge in [0, 0.05) is 16.1 Å². The Kier molecular flexibility index (Phi) is 3.79. The van der Waals surface area contributed by atoms with Crippen molar-refractivity contribution in [2.24, 2.45) is 5.41 Å². The number of nitrogens with zero attached hydrogens (tertiary/aromatic N) is 4. The molecule has 2 aromatic rings. The highest BCUT2D eigenvalue weighted by Gasteiger charge is 2.73. The van der Waals surface area contributed by atoms with E-state index in [2.05, 4.69) is 22.2 Å². The van der Waals surface area contributed by atoms with E-state index >= 15 is 0 Å². The first-order chi connectivity index (χ1) is 13.2. The van der Waals surface area contributed by atoms with Crippen molar-refractivity contribution in [3.05, 3.63) is 52.1 Å². The van der Waals surface area contributed by atoms with Crippen LogP contribution in [0.15, 0.2) is 24.3 Å². The number of hydrogen-bond donors (Lipinski definition) is 1. The van der Waals surface area contributed by atoms with Crippen LogP contribution in [0.4, 0.5) is 5.69 Å². The molecule has 1 aromatic carbocycles. The number of aromatic nitrogens is 2. The van der Waals surface area contributed by atoms with Gasteiger partial charge < -0.3 is 5.32 Å². The van der Waals surface area contributed by atoms with Crippen LogP contribution in [0.1, 0.15) is 56.4 Å². The molecule has 0 aliphatic heterocycles. The minimum Gasteiger partial charge on any atom is -0.325 e. The Bertz CT molecular complexity index is 1100. The highest BCUT2D eigenvalue weighted by atomic mass is 35.5. The van der Waals surface area contributed by atoms with Crippen molar-refractivity contribution in [2.45, 2.75) is 44.4 Å². The molecule has 28 heavy (non-hydrogen) atoms. The van der Waals surface area contributed by atoms with Crippen molar-refractivity contribution in [3.63, 3.8) is 0 Å². The van der Waals surface area contributed by atoms with Gasteiger partial charge in [-0.15, -0.1) is 0 Å². The average molecular weight is 392 g/mol. The van der Waals surface area contributed by atoms with Gasteiger partial charge in [0.2, 0.25) is 5.91 Å². The van der Waals surface area contributed by atoms with Gasteiger partial charge in [-0.2, -0.15) is 10.5 Å². The number of amides is 1. The fraction of sp³-hybridized carbons (Fsp3) is 0.381. The number of halogens is 1. The predicted molar refractivity (Wildman–Crippen MR) is 104 cm³/mol. The SMILES string of the molecule is CC12CCC(C(=O)Nc3ccc(Cl)cc3)(c3nc(C#N)c(C#N)nc31)C2(C)C. The zero-order chi connectivity index (χ0) is 20.3. The molecule has 2 aliphatic rings. The van der Waals surface area contributed by atoms with Gasteiger partial charge in [-0.05, 0) is 42.5 Å². The molecule has 1 saturated carbocycles. The van der Waals surface area contributed by atoms with Gasteiger partial charge in [-0.3, -0.25) is 4.79 Å². The van der Waals surface area contributed by atoms with Gasteiger partial charge >= 0.3 is 0 Å². The summed E-state index contributed by atoms with van der Waals surface area (Å²) < 4.78 is 0. The van der Waals surface area contributed by atoms with Crippen LogP contribution in [0.2, 0.25) is 5.02 Å². The third-order valence-corrected chi connectivity index (χ3v) is 7.22. The Morgan fingerprint density at radius 3 is 2.18 bits per heavy atom. The second-order valence-corrected chi connectivity index (χ2v) is 8.60. The molecule has 2 aliphatic carbocycles. The smallest absolute Gasteiger partial charge is 0.237 e. The molecule has 0 saturated heterocycles. The van der Waals surface area contributed by atoms with Gasteiger partial charge in [0.1, 0.15) is 12.1 Å². The Morgan fingerprint density at radius 2 is 1.61 bits per heavy atom. The molecule has 7 heteroatoms. The van der Waals surface area contributed by atoms with E-state index in [4.69, 9.17) is 11.6 Å². The molecule has 1 heterocycles. The molecule has 2 unspecified atom stereocenters. The number of nitrogens with one attached hydrogen (secondary N) is 1. The maximum Gasteiger partial charge on any atom is 0.237 e. The van der Waals surface area contributed by atoms with Crippen LogP contribution in [0.5, 0.6) is 0 Å². The number of nitriles is 2. The second kappa shape index (κ2) is 5.77. The molecule has 1 aromatic heterocycles. The van der Waals surface area contributed by atoms with Crippen LogP contribution in [-0.4, -0.2) is 15.9 Å². The van der Waals surface area contributed by atoms with Crippen LogP contribution in [0, 0.1) is 28.1 Å². The lowest BCUT2D eigenvalue weighted by molar-refractivity contribution is -0.125. The molecule has 140 valence electrons. The van der Waals surface area contributed by atoms with E-state index in [0.29, 0.717) is 28.5 Å². The number of hydrogen-bond acceptors (Lipinski definition) is 5. The van der Waals surface area contributed by atoms with Crippen molar-refractivity contribution in [1.29, 1.82) is 10.5 Å². The standard InChI is InChI=1S/C21H18ClN5O/c1-19(2)20(3)8-9-21(19,18(28)25-13-6-4-12(22)5-7-13)17-16(20)26-14(10-23)15(11-24)27-17/h4-7H,8-9H2,1-3H3,(H,25,28). The zero-order valence-electron chi connectivity index (χ0n) is 15.8. The number of anilines is 1. The summed E-state index contributed by atoms with van der Waals surface area (Å²) in [4.78, 5) is 22.6. The summed E-state index contributed by atoms with van der Waals surface area (Å²) in [5, 5.41) is 22.4. The van der Waals surface area contributed by atoms with Crippen LogP contribution in [-0.2, 0) is 15.6 Å². The van der Waals surface area contributed by atoms with E-state index in [0.717, 1.165) is 6.42 Å². The van der Waals surface area contributed by atoms with Crippen molar-refractivity contribution < 1.29 is 4.79 Å².